The molecule has 8 heteroatoms. The van der Waals surface area contributed by atoms with Crippen LogP contribution in [0.2, 0.25) is 0 Å². The lowest BCUT2D eigenvalue weighted by atomic mass is 10.1. The zero-order chi connectivity index (χ0) is 20.5. The summed E-state index contributed by atoms with van der Waals surface area (Å²) in [6, 6.07) is 10.9. The van der Waals surface area contributed by atoms with Crippen LogP contribution in [0.25, 0.3) is 33.7 Å². The summed E-state index contributed by atoms with van der Waals surface area (Å²) in [5.74, 6) is 0.0533. The predicted octanol–water partition coefficient (Wildman–Crippen LogP) is 3.98. The fraction of sp³-hybridized carbons (Fsp3) is 0.190. The number of halogens is 1. The number of benzene rings is 2. The molecular weight excluding hydrogens is 377 g/mol. The summed E-state index contributed by atoms with van der Waals surface area (Å²) >= 11 is 0. The van der Waals surface area contributed by atoms with Gasteiger partial charge in [0.1, 0.15) is 22.9 Å². The molecule has 2 aromatic carbocycles. The van der Waals surface area contributed by atoms with Crippen LogP contribution in [0.5, 0.6) is 11.5 Å². The Morgan fingerprint density at radius 1 is 1.17 bits per heavy atom. The van der Waals surface area contributed by atoms with Crippen molar-refractivity contribution in [2.75, 3.05) is 6.61 Å². The van der Waals surface area contributed by atoms with Crippen molar-refractivity contribution in [3.05, 3.63) is 58.6 Å². The summed E-state index contributed by atoms with van der Waals surface area (Å²) in [4.78, 5) is 17.2. The molecule has 0 radical (unpaired) electrons. The number of rotatable bonds is 5. The highest BCUT2D eigenvalue weighted by molar-refractivity contribution is 5.91. The lowest BCUT2D eigenvalue weighted by Crippen LogP contribution is -2.21. The third-order valence-electron chi connectivity index (χ3n) is 4.58. The molecule has 7 nitrogen and oxygen atoms in total. The summed E-state index contributed by atoms with van der Waals surface area (Å²) in [7, 11) is 0. The normalized spacial score (nSPS) is 11.1. The first-order valence-corrected chi connectivity index (χ1v) is 9.15. The van der Waals surface area contributed by atoms with Gasteiger partial charge in [-0.3, -0.25) is 4.79 Å². The van der Waals surface area contributed by atoms with Gasteiger partial charge in [-0.25, -0.2) is 4.39 Å². The molecule has 0 aliphatic carbocycles. The molecule has 0 atom stereocenters. The Bertz CT molecular complexity index is 1250. The Morgan fingerprint density at radius 3 is 2.62 bits per heavy atom. The number of aromatic hydroxyl groups is 1. The molecule has 0 aliphatic rings. The predicted molar refractivity (Wildman–Crippen MR) is 105 cm³/mol. The molecule has 0 amide bonds. The number of aryl methyl sites for hydroxylation is 1. The highest BCUT2D eigenvalue weighted by Crippen LogP contribution is 2.33. The van der Waals surface area contributed by atoms with Crippen LogP contribution in [0.3, 0.4) is 0 Å². The van der Waals surface area contributed by atoms with Gasteiger partial charge in [0.05, 0.1) is 12.1 Å². The Labute approximate surface area is 165 Å². The second-order valence-electron chi connectivity index (χ2n) is 6.32. The Kier molecular flexibility index (Phi) is 4.75. The molecule has 0 unspecified atom stereocenters. The highest BCUT2D eigenvalue weighted by Gasteiger charge is 2.23. The fourth-order valence-corrected chi connectivity index (χ4v) is 3.22. The van der Waals surface area contributed by atoms with E-state index < -0.39 is 11.4 Å². The minimum atomic E-state index is -0.537. The molecule has 0 aliphatic heterocycles. The molecule has 148 valence electrons. The number of aromatic nitrogens is 3. The number of pyridine rings is 1. The standard InChI is InChI=1S/C21H18FN3O4/c1-3-25-16-11-13(22)7-10-15(16)18(26)17(21(25)27)20-23-19(24-29-20)12-5-8-14(9-6-12)28-4-2/h5-11,26H,3-4H2,1-2H3. The average Bonchev–Trinajstić information content (AvgIpc) is 3.19. The van der Waals surface area contributed by atoms with Gasteiger partial charge < -0.3 is 18.9 Å². The van der Waals surface area contributed by atoms with Crippen molar-refractivity contribution in [2.24, 2.45) is 0 Å². The van der Waals surface area contributed by atoms with E-state index in [-0.39, 0.29) is 29.6 Å². The van der Waals surface area contributed by atoms with E-state index in [1.54, 1.807) is 31.2 Å². The van der Waals surface area contributed by atoms with Crippen LogP contribution >= 0.6 is 0 Å². The third-order valence-corrected chi connectivity index (χ3v) is 4.58. The zero-order valence-corrected chi connectivity index (χ0v) is 15.8. The van der Waals surface area contributed by atoms with Crippen molar-refractivity contribution >= 4 is 10.9 Å². The minimum Gasteiger partial charge on any atom is -0.506 e. The Hall–Kier alpha value is -3.68. The van der Waals surface area contributed by atoms with Crippen LogP contribution in [-0.2, 0) is 6.54 Å². The van der Waals surface area contributed by atoms with E-state index in [1.807, 2.05) is 6.92 Å². The number of ether oxygens (including phenoxy) is 1. The number of hydrogen-bond donors (Lipinski definition) is 1. The molecule has 1 N–H and O–H groups in total. The monoisotopic (exact) mass is 395 g/mol. The molecule has 0 spiro atoms. The molecule has 0 bridgehead atoms. The van der Waals surface area contributed by atoms with Gasteiger partial charge in [-0.1, -0.05) is 5.16 Å². The van der Waals surface area contributed by atoms with Crippen LogP contribution < -0.4 is 10.3 Å². The third kappa shape index (κ3) is 3.22. The molecule has 4 aromatic rings. The molecular formula is C21H18FN3O4. The fourth-order valence-electron chi connectivity index (χ4n) is 3.22. The van der Waals surface area contributed by atoms with Gasteiger partial charge in [-0.05, 0) is 56.3 Å². The van der Waals surface area contributed by atoms with Crippen molar-refractivity contribution in [1.29, 1.82) is 0 Å². The number of hydrogen-bond acceptors (Lipinski definition) is 6. The van der Waals surface area contributed by atoms with Crippen molar-refractivity contribution < 1.29 is 18.8 Å². The van der Waals surface area contributed by atoms with Crippen LogP contribution in [0.15, 0.2) is 51.8 Å². The smallest absolute Gasteiger partial charge is 0.267 e. The summed E-state index contributed by atoms with van der Waals surface area (Å²) in [5.41, 5.74) is 0.312. The van der Waals surface area contributed by atoms with Crippen LogP contribution in [0.1, 0.15) is 13.8 Å². The van der Waals surface area contributed by atoms with Gasteiger partial charge in [-0.2, -0.15) is 4.98 Å². The summed E-state index contributed by atoms with van der Waals surface area (Å²) in [6.07, 6.45) is 0. The van der Waals surface area contributed by atoms with Gasteiger partial charge in [-0.15, -0.1) is 0 Å². The van der Waals surface area contributed by atoms with E-state index in [9.17, 15) is 14.3 Å². The number of nitrogens with zero attached hydrogens (tertiary/aromatic N) is 3. The van der Waals surface area contributed by atoms with E-state index in [4.69, 9.17) is 9.26 Å². The van der Waals surface area contributed by atoms with Crippen molar-refractivity contribution in [3.63, 3.8) is 0 Å². The second-order valence-corrected chi connectivity index (χ2v) is 6.32. The SMILES string of the molecule is CCOc1ccc(-c2noc(-c3c(O)c4ccc(F)cc4n(CC)c3=O)n2)cc1. The number of fused-ring (bicyclic) bond motifs is 1. The summed E-state index contributed by atoms with van der Waals surface area (Å²) in [5, 5.41) is 14.9. The second kappa shape index (κ2) is 7.38. The van der Waals surface area contributed by atoms with Crippen LogP contribution in [-0.4, -0.2) is 26.4 Å². The van der Waals surface area contributed by atoms with Gasteiger partial charge in [0.25, 0.3) is 11.4 Å². The Balaban J connectivity index is 1.84. The van der Waals surface area contributed by atoms with Gasteiger partial charge in [0.15, 0.2) is 0 Å². The average molecular weight is 395 g/mol. The summed E-state index contributed by atoms with van der Waals surface area (Å²) < 4.78 is 25.7. The van der Waals surface area contributed by atoms with E-state index in [2.05, 4.69) is 10.1 Å². The topological polar surface area (TPSA) is 90.4 Å². The van der Waals surface area contributed by atoms with Crippen LogP contribution in [0, 0.1) is 5.82 Å². The van der Waals surface area contributed by atoms with E-state index in [0.717, 1.165) is 0 Å². The molecule has 0 fully saturated rings. The van der Waals surface area contributed by atoms with Crippen molar-refractivity contribution in [1.82, 2.24) is 14.7 Å². The van der Waals surface area contributed by atoms with E-state index >= 15 is 0 Å². The molecule has 4 rings (SSSR count). The highest BCUT2D eigenvalue weighted by atomic mass is 19.1. The largest absolute Gasteiger partial charge is 0.506 e. The lowest BCUT2D eigenvalue weighted by molar-refractivity contribution is 0.340. The van der Waals surface area contributed by atoms with Gasteiger partial charge in [0.2, 0.25) is 5.82 Å². The summed E-state index contributed by atoms with van der Waals surface area (Å²) in [6.45, 7) is 4.49. The van der Waals surface area contributed by atoms with Crippen molar-refractivity contribution in [3.8, 4) is 34.3 Å². The first-order valence-electron chi connectivity index (χ1n) is 9.15. The molecule has 29 heavy (non-hydrogen) atoms. The van der Waals surface area contributed by atoms with E-state index in [1.165, 1.54) is 22.8 Å². The zero-order valence-electron chi connectivity index (χ0n) is 15.8. The lowest BCUT2D eigenvalue weighted by Gasteiger charge is -2.11. The molecule has 0 saturated heterocycles. The van der Waals surface area contributed by atoms with Crippen molar-refractivity contribution in [2.45, 2.75) is 20.4 Å². The maximum atomic E-state index is 13.7. The maximum Gasteiger partial charge on any atom is 0.267 e. The minimum absolute atomic E-state index is 0.107. The quantitative estimate of drug-likeness (QED) is 0.550. The molecule has 0 saturated carbocycles. The molecule has 2 aromatic heterocycles. The molecule has 2 heterocycles. The van der Waals surface area contributed by atoms with Crippen LogP contribution in [0.4, 0.5) is 4.39 Å². The van der Waals surface area contributed by atoms with Gasteiger partial charge in [0, 0.05) is 17.5 Å². The Morgan fingerprint density at radius 2 is 1.93 bits per heavy atom. The first-order chi connectivity index (χ1) is 14.0. The van der Waals surface area contributed by atoms with Gasteiger partial charge >= 0.3 is 0 Å². The first kappa shape index (κ1) is 18.7. The maximum absolute atomic E-state index is 13.7. The van der Waals surface area contributed by atoms with E-state index in [0.29, 0.717) is 28.8 Å².